The van der Waals surface area contributed by atoms with Gasteiger partial charge in [-0.15, -0.1) is 0 Å². The van der Waals surface area contributed by atoms with Gasteiger partial charge in [-0.25, -0.2) is 4.79 Å². The van der Waals surface area contributed by atoms with E-state index in [0.717, 1.165) is 74.6 Å². The predicted molar refractivity (Wildman–Crippen MR) is 183 cm³/mol. The van der Waals surface area contributed by atoms with Gasteiger partial charge in [0.15, 0.2) is 0 Å². The average molecular weight is 659 g/mol. The first kappa shape index (κ1) is 34.0. The Morgan fingerprint density at radius 3 is 1.85 bits per heavy atom. The molecule has 10 nitrogen and oxygen atoms in total. The maximum Gasteiger partial charge on any atom is 0.405 e. The van der Waals surface area contributed by atoms with Crippen LogP contribution >= 0.6 is 0 Å². The molecule has 258 valence electrons. The number of rotatable bonds is 6. The van der Waals surface area contributed by atoms with Crippen LogP contribution in [0.5, 0.6) is 0 Å². The number of carbonyl (C=O) groups excluding carboxylic acids is 3. The lowest BCUT2D eigenvalue weighted by molar-refractivity contribution is -0.150. The lowest BCUT2D eigenvalue weighted by Gasteiger charge is -2.56. The van der Waals surface area contributed by atoms with E-state index in [1.807, 2.05) is 30.4 Å². The van der Waals surface area contributed by atoms with Crippen LogP contribution in [0.2, 0.25) is 0 Å². The molecule has 0 bridgehead atoms. The normalized spacial score (nSPS) is 32.7. The smallest absolute Gasteiger partial charge is 0.405 e. The zero-order valence-corrected chi connectivity index (χ0v) is 28.6. The molecule has 0 heterocycles. The molecule has 6 rings (SSSR count). The molecule has 2 aromatic rings. The number of carboxylic acid groups (broad SMARTS) is 1. The topological polar surface area (TPSA) is 171 Å². The van der Waals surface area contributed by atoms with Crippen molar-refractivity contribution in [3.63, 3.8) is 0 Å². The number of nitrogen functional groups attached to an aromatic ring is 1. The maximum absolute atomic E-state index is 14.4. The molecule has 2 aromatic carbocycles. The number of imide groups is 1. The van der Waals surface area contributed by atoms with E-state index in [4.69, 9.17) is 10.8 Å². The molecule has 0 saturated heterocycles. The first-order valence-corrected chi connectivity index (χ1v) is 17.4. The third-order valence-electron chi connectivity index (χ3n) is 13.1. The molecule has 0 aliphatic heterocycles. The maximum atomic E-state index is 14.4. The number of hydrogen-bond donors (Lipinski definition) is 6. The van der Waals surface area contributed by atoms with E-state index in [-0.39, 0.29) is 34.5 Å². The number of aryl methyl sites for hydroxylation is 2. The van der Waals surface area contributed by atoms with E-state index in [2.05, 4.69) is 43.5 Å². The first-order chi connectivity index (χ1) is 22.7. The van der Waals surface area contributed by atoms with Gasteiger partial charge < -0.3 is 26.6 Å². The fourth-order valence-corrected chi connectivity index (χ4v) is 10.5. The molecule has 0 spiro atoms. The van der Waals surface area contributed by atoms with Gasteiger partial charge in [-0.3, -0.25) is 19.7 Å². The zero-order chi connectivity index (χ0) is 34.6. The Bertz CT molecular complexity index is 1660. The highest BCUT2D eigenvalue weighted by atomic mass is 16.4. The number of aliphatic hydroxyl groups is 1. The molecule has 10 heteroatoms. The Morgan fingerprint density at radius 2 is 1.33 bits per heavy atom. The summed E-state index contributed by atoms with van der Waals surface area (Å²) in [6.45, 7) is 7.87. The van der Waals surface area contributed by atoms with Gasteiger partial charge in [0.1, 0.15) is 6.04 Å². The molecule has 7 N–H and O–H groups in total. The number of nitrogens with two attached hydrogens (primary N) is 1. The van der Waals surface area contributed by atoms with Crippen molar-refractivity contribution in [1.82, 2.24) is 10.6 Å². The van der Waals surface area contributed by atoms with E-state index in [1.165, 1.54) is 11.1 Å². The van der Waals surface area contributed by atoms with Crippen molar-refractivity contribution in [3.8, 4) is 0 Å². The summed E-state index contributed by atoms with van der Waals surface area (Å²) in [5, 5.41) is 26.4. The van der Waals surface area contributed by atoms with Crippen LogP contribution in [-0.2, 0) is 38.1 Å². The van der Waals surface area contributed by atoms with Gasteiger partial charge in [-0.05, 0) is 121 Å². The van der Waals surface area contributed by atoms with E-state index in [1.54, 1.807) is 6.07 Å². The molecule has 0 aromatic heterocycles. The van der Waals surface area contributed by atoms with Crippen LogP contribution in [-0.4, -0.2) is 46.7 Å². The van der Waals surface area contributed by atoms with Crippen LogP contribution in [0.15, 0.2) is 36.4 Å². The van der Waals surface area contributed by atoms with Crippen molar-refractivity contribution in [1.29, 1.82) is 0 Å². The van der Waals surface area contributed by atoms with Crippen LogP contribution in [0.3, 0.4) is 0 Å². The quantitative estimate of drug-likeness (QED) is 0.183. The van der Waals surface area contributed by atoms with Gasteiger partial charge in [-0.1, -0.05) is 52.7 Å². The minimum Gasteiger partial charge on any atom is -0.465 e. The monoisotopic (exact) mass is 658 g/mol. The van der Waals surface area contributed by atoms with Gasteiger partial charge in [-0.2, -0.15) is 0 Å². The number of fused-ring (bicyclic) bond motifs is 6. The number of aliphatic hydroxyl groups excluding tert-OH is 1. The van der Waals surface area contributed by atoms with Crippen LogP contribution in [0.4, 0.5) is 16.2 Å². The second-order valence-electron chi connectivity index (χ2n) is 15.8. The molecule has 2 fully saturated rings. The summed E-state index contributed by atoms with van der Waals surface area (Å²) in [6, 6.07) is 10.6. The molecule has 4 aliphatic rings. The third-order valence-corrected chi connectivity index (χ3v) is 13.1. The summed E-state index contributed by atoms with van der Waals surface area (Å²) >= 11 is 0. The lowest BCUT2D eigenvalue weighted by Crippen LogP contribution is -2.60. The van der Waals surface area contributed by atoms with Crippen LogP contribution in [0, 0.1) is 22.7 Å². The molecule has 0 radical (unpaired) electrons. The number of hydrogen-bond acceptors (Lipinski definition) is 6. The zero-order valence-electron chi connectivity index (χ0n) is 28.6. The number of anilines is 2. The van der Waals surface area contributed by atoms with E-state index >= 15 is 0 Å². The van der Waals surface area contributed by atoms with Crippen molar-refractivity contribution in [3.05, 3.63) is 58.7 Å². The Morgan fingerprint density at radius 1 is 0.812 bits per heavy atom. The van der Waals surface area contributed by atoms with E-state index < -0.39 is 35.5 Å². The minimum absolute atomic E-state index is 0.0298. The lowest BCUT2D eigenvalue weighted by atomic mass is 9.49. The molecule has 4 amide bonds. The number of carbonyl (C=O) groups is 4. The first-order valence-electron chi connectivity index (χ1n) is 17.4. The Balaban J connectivity index is 1.23. The summed E-state index contributed by atoms with van der Waals surface area (Å²) in [7, 11) is 0. The van der Waals surface area contributed by atoms with E-state index in [9.17, 15) is 24.3 Å². The molecule has 7 atom stereocenters. The molecular weight excluding hydrogens is 608 g/mol. The van der Waals surface area contributed by atoms with Crippen LogP contribution < -0.4 is 21.7 Å². The van der Waals surface area contributed by atoms with Gasteiger partial charge in [0.25, 0.3) is 0 Å². The molecule has 0 unspecified atom stereocenters. The Hall–Kier alpha value is -3.92. The predicted octanol–water partition coefficient (Wildman–Crippen LogP) is 5.20. The van der Waals surface area contributed by atoms with Gasteiger partial charge in [0, 0.05) is 11.4 Å². The Labute approximate surface area is 282 Å². The van der Waals surface area contributed by atoms with Gasteiger partial charge in [0.2, 0.25) is 17.7 Å². The van der Waals surface area contributed by atoms with Gasteiger partial charge in [0.05, 0.1) is 17.4 Å². The highest BCUT2D eigenvalue weighted by Crippen LogP contribution is 2.59. The van der Waals surface area contributed by atoms with Crippen molar-refractivity contribution in [2.45, 2.75) is 109 Å². The molecular formula is C38H50N4O6. The van der Waals surface area contributed by atoms with Gasteiger partial charge >= 0.3 is 6.09 Å². The average Bonchev–Trinajstić information content (AvgIpc) is 3.03. The largest absolute Gasteiger partial charge is 0.465 e. The Kier molecular flexibility index (Phi) is 8.63. The SMILES string of the molecule is C[C@]1(C(=O)NC(=O)[C@@]2(C)CCC[C@]3(C)c4cc(NC(=O)[C@H](CO)NC(=O)O)ccc4CC[C@@H]23)CCC[C@]2(C)c3cc(N)ccc3CC[C@@H]12. The third kappa shape index (κ3) is 5.46. The number of benzene rings is 2. The summed E-state index contributed by atoms with van der Waals surface area (Å²) < 4.78 is 0. The minimum atomic E-state index is -1.40. The fraction of sp³-hybridized carbons (Fsp3) is 0.579. The summed E-state index contributed by atoms with van der Waals surface area (Å²) in [5.74, 6) is -0.954. The summed E-state index contributed by atoms with van der Waals surface area (Å²) in [6.07, 6.45) is 6.94. The van der Waals surface area contributed by atoms with Crippen molar-refractivity contribution in [2.75, 3.05) is 17.7 Å². The van der Waals surface area contributed by atoms with Crippen LogP contribution in [0.25, 0.3) is 0 Å². The number of amides is 4. The summed E-state index contributed by atoms with van der Waals surface area (Å²) in [4.78, 5) is 52.6. The second kappa shape index (κ2) is 12.2. The molecule has 2 saturated carbocycles. The van der Waals surface area contributed by atoms with Crippen molar-refractivity contribution >= 4 is 35.2 Å². The molecule has 48 heavy (non-hydrogen) atoms. The highest BCUT2D eigenvalue weighted by Gasteiger charge is 2.58. The van der Waals surface area contributed by atoms with E-state index in [0.29, 0.717) is 12.1 Å². The second-order valence-corrected chi connectivity index (χ2v) is 15.8. The summed E-state index contributed by atoms with van der Waals surface area (Å²) in [5.41, 5.74) is 10.2. The number of nitrogens with one attached hydrogen (secondary N) is 3. The van der Waals surface area contributed by atoms with Crippen molar-refractivity contribution < 1.29 is 29.4 Å². The fourth-order valence-electron chi connectivity index (χ4n) is 10.5. The highest BCUT2D eigenvalue weighted by molar-refractivity contribution is 6.01. The molecule has 4 aliphatic carbocycles. The van der Waals surface area contributed by atoms with Crippen LogP contribution in [0.1, 0.15) is 101 Å². The standard InChI is InChI=1S/C38H50N4O6/c1-35-15-5-17-37(3,29(35)13-9-22-7-11-24(39)19-26(22)35)32(45)42-33(46)38(4)18-6-16-36(2)27-20-25(12-8-23(27)10-14-30(36)38)40-31(44)28(21-43)41-34(47)48/h7-8,11-12,19-20,28-30,41,43H,5-6,9-10,13-18,21,39H2,1-4H3,(H,40,44)(H,47,48)(H,42,45,46)/t28-,29+,30+,35+,36+,37-,38-/m0/s1. The van der Waals surface area contributed by atoms with Crippen molar-refractivity contribution in [2.24, 2.45) is 22.7 Å².